The summed E-state index contributed by atoms with van der Waals surface area (Å²) in [5, 5.41) is 12.5. The zero-order valence-electron chi connectivity index (χ0n) is 10.6. The van der Waals surface area contributed by atoms with Crippen molar-refractivity contribution in [1.82, 2.24) is 5.32 Å². The molecule has 2 fully saturated rings. The highest BCUT2D eigenvalue weighted by Gasteiger charge is 2.32. The first-order valence-electron chi connectivity index (χ1n) is 6.60. The Morgan fingerprint density at radius 2 is 2.24 bits per heavy atom. The average molecular weight is 238 g/mol. The van der Waals surface area contributed by atoms with Gasteiger partial charge in [0.25, 0.3) is 0 Å². The smallest absolute Gasteiger partial charge is 0.127 e. The third-order valence-corrected chi connectivity index (χ3v) is 3.32. The summed E-state index contributed by atoms with van der Waals surface area (Å²) >= 11 is 0. The predicted molar refractivity (Wildman–Crippen MR) is 64.6 cm³/mol. The summed E-state index contributed by atoms with van der Waals surface area (Å²) in [5.74, 6) is 0. The van der Waals surface area contributed by atoms with Crippen molar-refractivity contribution in [2.45, 2.75) is 56.7 Å². The number of nitriles is 1. The summed E-state index contributed by atoms with van der Waals surface area (Å²) in [6, 6.07) is 2.83. The SMILES string of the molecule is CC(C#N)(COCC1CCCCO1)NC1CC1. The minimum absolute atomic E-state index is 0.229. The van der Waals surface area contributed by atoms with Gasteiger partial charge in [-0.25, -0.2) is 0 Å². The minimum Gasteiger partial charge on any atom is -0.376 e. The fourth-order valence-electron chi connectivity index (χ4n) is 2.12. The minimum atomic E-state index is -0.546. The van der Waals surface area contributed by atoms with E-state index >= 15 is 0 Å². The monoisotopic (exact) mass is 238 g/mol. The van der Waals surface area contributed by atoms with Crippen molar-refractivity contribution in [3.05, 3.63) is 0 Å². The molecule has 1 aliphatic heterocycles. The lowest BCUT2D eigenvalue weighted by Gasteiger charge is -2.26. The maximum Gasteiger partial charge on any atom is 0.127 e. The van der Waals surface area contributed by atoms with Crippen molar-refractivity contribution < 1.29 is 9.47 Å². The normalized spacial score (nSPS) is 28.4. The molecule has 4 nitrogen and oxygen atoms in total. The molecule has 2 atom stereocenters. The van der Waals surface area contributed by atoms with Gasteiger partial charge in [-0.05, 0) is 39.0 Å². The topological polar surface area (TPSA) is 54.3 Å². The van der Waals surface area contributed by atoms with E-state index < -0.39 is 5.54 Å². The molecule has 2 rings (SSSR count). The molecule has 4 heteroatoms. The molecule has 0 aromatic carbocycles. The molecule has 2 unspecified atom stereocenters. The molecule has 0 amide bonds. The molecule has 1 aliphatic carbocycles. The van der Waals surface area contributed by atoms with Gasteiger partial charge in [0.2, 0.25) is 0 Å². The summed E-state index contributed by atoms with van der Waals surface area (Å²) in [6.45, 7) is 3.82. The zero-order chi connectivity index (χ0) is 12.1. The first-order valence-corrected chi connectivity index (χ1v) is 6.60. The maximum atomic E-state index is 9.18. The first kappa shape index (κ1) is 12.8. The fourth-order valence-corrected chi connectivity index (χ4v) is 2.12. The van der Waals surface area contributed by atoms with Crippen LogP contribution in [0.3, 0.4) is 0 Å². The zero-order valence-corrected chi connectivity index (χ0v) is 10.6. The van der Waals surface area contributed by atoms with Crippen molar-refractivity contribution in [2.75, 3.05) is 19.8 Å². The number of hydrogen-bond acceptors (Lipinski definition) is 4. The van der Waals surface area contributed by atoms with Gasteiger partial charge in [-0.1, -0.05) is 0 Å². The summed E-state index contributed by atoms with van der Waals surface area (Å²) in [7, 11) is 0. The van der Waals surface area contributed by atoms with E-state index in [2.05, 4.69) is 11.4 Å². The second-order valence-electron chi connectivity index (χ2n) is 5.37. The van der Waals surface area contributed by atoms with Crippen molar-refractivity contribution in [1.29, 1.82) is 5.26 Å². The second-order valence-corrected chi connectivity index (χ2v) is 5.37. The Labute approximate surface area is 103 Å². The molecule has 1 saturated heterocycles. The van der Waals surface area contributed by atoms with Gasteiger partial charge in [-0.2, -0.15) is 5.26 Å². The van der Waals surface area contributed by atoms with Crippen molar-refractivity contribution in [3.8, 4) is 6.07 Å². The van der Waals surface area contributed by atoms with Crippen molar-refractivity contribution >= 4 is 0 Å². The van der Waals surface area contributed by atoms with Crippen LogP contribution in [0.2, 0.25) is 0 Å². The molecule has 1 saturated carbocycles. The third kappa shape index (κ3) is 4.27. The molecule has 2 aliphatic rings. The van der Waals surface area contributed by atoms with Crippen molar-refractivity contribution in [2.24, 2.45) is 0 Å². The van der Waals surface area contributed by atoms with Crippen LogP contribution in [0.25, 0.3) is 0 Å². The van der Waals surface area contributed by atoms with Crippen molar-refractivity contribution in [3.63, 3.8) is 0 Å². The molecule has 0 radical (unpaired) electrons. The van der Waals surface area contributed by atoms with Crippen LogP contribution in [0.4, 0.5) is 0 Å². The van der Waals surface area contributed by atoms with E-state index in [1.807, 2.05) is 6.92 Å². The highest BCUT2D eigenvalue weighted by atomic mass is 16.5. The average Bonchev–Trinajstić information content (AvgIpc) is 3.14. The van der Waals surface area contributed by atoms with Gasteiger partial charge in [-0.15, -0.1) is 0 Å². The molecule has 1 N–H and O–H groups in total. The molecule has 0 spiro atoms. The largest absolute Gasteiger partial charge is 0.376 e. The quantitative estimate of drug-likeness (QED) is 0.763. The van der Waals surface area contributed by atoms with E-state index in [9.17, 15) is 5.26 Å². The van der Waals surface area contributed by atoms with Crippen LogP contribution < -0.4 is 5.32 Å². The number of rotatable bonds is 6. The Morgan fingerprint density at radius 1 is 1.41 bits per heavy atom. The molecule has 96 valence electrons. The number of nitrogens with zero attached hydrogens (tertiary/aromatic N) is 1. The van der Waals surface area contributed by atoms with E-state index in [1.165, 1.54) is 19.3 Å². The molecule has 0 aromatic rings. The van der Waals surface area contributed by atoms with Gasteiger partial charge in [0, 0.05) is 12.6 Å². The van der Waals surface area contributed by atoms with Crippen LogP contribution in [-0.4, -0.2) is 37.5 Å². The van der Waals surface area contributed by atoms with Crippen LogP contribution in [0.5, 0.6) is 0 Å². The summed E-state index contributed by atoms with van der Waals surface area (Å²) in [4.78, 5) is 0. The molecular weight excluding hydrogens is 216 g/mol. The van der Waals surface area contributed by atoms with E-state index in [1.54, 1.807) is 0 Å². The molecule has 0 aromatic heterocycles. The van der Waals surface area contributed by atoms with Crippen LogP contribution in [-0.2, 0) is 9.47 Å². The summed E-state index contributed by atoms with van der Waals surface area (Å²) in [5.41, 5.74) is -0.546. The third-order valence-electron chi connectivity index (χ3n) is 3.32. The van der Waals surface area contributed by atoms with Gasteiger partial charge in [0.15, 0.2) is 0 Å². The standard InChI is InChI=1S/C13H22N2O2/c1-13(9-14,15-11-5-6-11)10-16-8-12-4-2-3-7-17-12/h11-12,15H,2-8,10H2,1H3. The van der Waals surface area contributed by atoms with Gasteiger partial charge >= 0.3 is 0 Å². The van der Waals surface area contributed by atoms with E-state index in [0.29, 0.717) is 19.3 Å². The van der Waals surface area contributed by atoms with Crippen LogP contribution in [0.1, 0.15) is 39.0 Å². The second kappa shape index (κ2) is 5.81. The summed E-state index contributed by atoms with van der Waals surface area (Å²) < 4.78 is 11.2. The van der Waals surface area contributed by atoms with Gasteiger partial charge in [-0.3, -0.25) is 5.32 Å². The molecule has 1 heterocycles. The Bertz CT molecular complexity index is 280. The summed E-state index contributed by atoms with van der Waals surface area (Å²) in [6.07, 6.45) is 6.07. The molecule has 17 heavy (non-hydrogen) atoms. The van der Waals surface area contributed by atoms with Crippen LogP contribution in [0.15, 0.2) is 0 Å². The van der Waals surface area contributed by atoms with Gasteiger partial charge in [0.05, 0.1) is 25.4 Å². The molecular formula is C13H22N2O2. The Morgan fingerprint density at radius 3 is 2.82 bits per heavy atom. The lowest BCUT2D eigenvalue weighted by atomic mass is 10.1. The lowest BCUT2D eigenvalue weighted by molar-refractivity contribution is -0.0471. The molecule has 0 bridgehead atoms. The van der Waals surface area contributed by atoms with E-state index in [4.69, 9.17) is 9.47 Å². The fraction of sp³-hybridized carbons (Fsp3) is 0.923. The highest BCUT2D eigenvalue weighted by molar-refractivity contribution is 5.07. The van der Waals surface area contributed by atoms with E-state index in [0.717, 1.165) is 19.4 Å². The van der Waals surface area contributed by atoms with Crippen LogP contribution >= 0.6 is 0 Å². The number of nitrogens with one attached hydrogen (secondary N) is 1. The number of ether oxygens (including phenoxy) is 2. The van der Waals surface area contributed by atoms with Crippen LogP contribution in [0, 0.1) is 11.3 Å². The first-order chi connectivity index (χ1) is 8.22. The Balaban J connectivity index is 1.66. The number of hydrogen-bond donors (Lipinski definition) is 1. The highest BCUT2D eigenvalue weighted by Crippen LogP contribution is 2.22. The Hall–Kier alpha value is -0.630. The van der Waals surface area contributed by atoms with E-state index in [-0.39, 0.29) is 6.10 Å². The van der Waals surface area contributed by atoms with Gasteiger partial charge < -0.3 is 9.47 Å². The maximum absolute atomic E-state index is 9.18. The Kier molecular flexibility index (Phi) is 4.38. The van der Waals surface area contributed by atoms with Gasteiger partial charge in [0.1, 0.15) is 5.54 Å². The predicted octanol–water partition coefficient (Wildman–Crippen LogP) is 1.61. The lowest BCUT2D eigenvalue weighted by Crippen LogP contribution is -2.47.